The third-order valence-electron chi connectivity index (χ3n) is 2.04. The van der Waals surface area contributed by atoms with Crippen molar-refractivity contribution < 1.29 is 0 Å². The topological polar surface area (TPSA) is 77.6 Å². The number of rotatable bonds is 3. The van der Waals surface area contributed by atoms with E-state index in [9.17, 15) is 0 Å². The Balaban J connectivity index is 2.24. The molecular weight excluding hydrogens is 222 g/mol. The smallest absolute Gasteiger partial charge is 0.223 e. The molecule has 2 rings (SSSR count). The molecule has 0 saturated carbocycles. The van der Waals surface area contributed by atoms with Crippen LogP contribution in [0.3, 0.4) is 0 Å². The summed E-state index contributed by atoms with van der Waals surface area (Å²) in [5.74, 6) is 1.71. The lowest BCUT2D eigenvalue weighted by Gasteiger charge is -2.01. The van der Waals surface area contributed by atoms with Gasteiger partial charge in [-0.05, 0) is 6.92 Å². The highest BCUT2D eigenvalue weighted by Gasteiger charge is 2.06. The first-order valence-electron chi connectivity index (χ1n) is 5.07. The Morgan fingerprint density at radius 2 is 1.94 bits per heavy atom. The van der Waals surface area contributed by atoms with Gasteiger partial charge in [-0.25, -0.2) is 9.97 Å². The van der Waals surface area contributed by atoms with E-state index in [1.54, 1.807) is 11.3 Å². The van der Waals surface area contributed by atoms with Crippen LogP contribution in [0.25, 0.3) is 0 Å². The first kappa shape index (κ1) is 10.9. The molecule has 2 N–H and O–H groups in total. The van der Waals surface area contributed by atoms with Crippen LogP contribution >= 0.6 is 11.3 Å². The second-order valence-electron chi connectivity index (χ2n) is 3.44. The van der Waals surface area contributed by atoms with Crippen molar-refractivity contribution in [2.75, 3.05) is 5.73 Å². The van der Waals surface area contributed by atoms with Crippen LogP contribution in [-0.2, 0) is 12.8 Å². The molecule has 6 heteroatoms. The quantitative estimate of drug-likeness (QED) is 0.869. The van der Waals surface area contributed by atoms with Crippen molar-refractivity contribution >= 4 is 17.3 Å². The van der Waals surface area contributed by atoms with Crippen molar-refractivity contribution in [3.63, 3.8) is 0 Å². The Kier molecular flexibility index (Phi) is 3.09. The van der Waals surface area contributed by atoms with Crippen molar-refractivity contribution in [2.24, 2.45) is 0 Å². The van der Waals surface area contributed by atoms with Gasteiger partial charge in [-0.2, -0.15) is 9.97 Å². The minimum atomic E-state index is 0.287. The molecule has 0 aliphatic carbocycles. The largest absolute Gasteiger partial charge is 0.368 e. The third-order valence-corrected chi connectivity index (χ3v) is 3.00. The number of hydrogen-bond acceptors (Lipinski definition) is 6. The number of nitrogens with two attached hydrogens (primary N) is 1. The standard InChI is InChI=1S/C10H13N5S/c1-3-7-13-8(15-10(11)14-7)4-9-12-6(2)5-16-9/h5H,3-4H2,1-2H3,(H2,11,13,14,15). The van der Waals surface area contributed by atoms with Crippen LogP contribution in [0, 0.1) is 6.92 Å². The molecule has 0 fully saturated rings. The van der Waals surface area contributed by atoms with E-state index in [0.717, 1.165) is 22.9 Å². The predicted molar refractivity (Wildman–Crippen MR) is 63.3 cm³/mol. The molecule has 84 valence electrons. The van der Waals surface area contributed by atoms with E-state index < -0.39 is 0 Å². The van der Waals surface area contributed by atoms with Crippen LogP contribution in [0.1, 0.15) is 29.3 Å². The Morgan fingerprint density at radius 1 is 1.19 bits per heavy atom. The summed E-state index contributed by atoms with van der Waals surface area (Å²) in [7, 11) is 0. The zero-order chi connectivity index (χ0) is 11.5. The van der Waals surface area contributed by atoms with Crippen LogP contribution in [0.5, 0.6) is 0 Å². The fraction of sp³-hybridized carbons (Fsp3) is 0.400. The van der Waals surface area contributed by atoms with E-state index in [1.807, 2.05) is 19.2 Å². The number of hydrogen-bond donors (Lipinski definition) is 1. The fourth-order valence-electron chi connectivity index (χ4n) is 1.34. The molecule has 16 heavy (non-hydrogen) atoms. The number of aromatic nitrogens is 4. The van der Waals surface area contributed by atoms with Gasteiger partial charge in [-0.3, -0.25) is 0 Å². The molecule has 0 radical (unpaired) electrons. The lowest BCUT2D eigenvalue weighted by molar-refractivity contribution is 0.842. The van der Waals surface area contributed by atoms with E-state index >= 15 is 0 Å². The van der Waals surface area contributed by atoms with Gasteiger partial charge in [-0.1, -0.05) is 6.92 Å². The summed E-state index contributed by atoms with van der Waals surface area (Å²) < 4.78 is 0. The van der Waals surface area contributed by atoms with E-state index in [4.69, 9.17) is 5.73 Å². The van der Waals surface area contributed by atoms with Crippen LogP contribution in [0.15, 0.2) is 5.38 Å². The summed E-state index contributed by atoms with van der Waals surface area (Å²) in [6.45, 7) is 3.96. The maximum atomic E-state index is 5.61. The molecule has 0 aliphatic rings. The van der Waals surface area contributed by atoms with Crippen LogP contribution < -0.4 is 5.73 Å². The number of thiazole rings is 1. The first-order valence-corrected chi connectivity index (χ1v) is 5.95. The second-order valence-corrected chi connectivity index (χ2v) is 4.38. The predicted octanol–water partition coefficient (Wildman–Crippen LogP) is 1.37. The van der Waals surface area contributed by atoms with Crippen molar-refractivity contribution in [3.05, 3.63) is 27.7 Å². The Bertz CT molecular complexity index is 494. The minimum absolute atomic E-state index is 0.287. The number of anilines is 1. The number of aryl methyl sites for hydroxylation is 2. The molecule has 0 atom stereocenters. The van der Waals surface area contributed by atoms with Gasteiger partial charge in [-0.15, -0.1) is 11.3 Å². The highest BCUT2D eigenvalue weighted by atomic mass is 32.1. The number of nitrogen functional groups attached to an aromatic ring is 1. The molecular formula is C10H13N5S. The second kappa shape index (κ2) is 4.52. The van der Waals surface area contributed by atoms with Crippen molar-refractivity contribution in [3.8, 4) is 0 Å². The molecule has 0 bridgehead atoms. The number of nitrogens with zero attached hydrogens (tertiary/aromatic N) is 4. The van der Waals surface area contributed by atoms with Gasteiger partial charge >= 0.3 is 0 Å². The normalized spacial score (nSPS) is 10.6. The van der Waals surface area contributed by atoms with Crippen molar-refractivity contribution in [1.82, 2.24) is 19.9 Å². The lowest BCUT2D eigenvalue weighted by Crippen LogP contribution is -2.07. The monoisotopic (exact) mass is 235 g/mol. The molecule has 0 saturated heterocycles. The third kappa shape index (κ3) is 2.52. The SMILES string of the molecule is CCc1nc(N)nc(Cc2nc(C)cs2)n1. The average Bonchev–Trinajstić information content (AvgIpc) is 2.63. The van der Waals surface area contributed by atoms with Gasteiger partial charge in [0.2, 0.25) is 5.95 Å². The van der Waals surface area contributed by atoms with E-state index in [2.05, 4.69) is 19.9 Å². The molecule has 0 aliphatic heterocycles. The Labute approximate surface area is 97.8 Å². The summed E-state index contributed by atoms with van der Waals surface area (Å²) >= 11 is 1.61. The van der Waals surface area contributed by atoms with Crippen LogP contribution in [0.2, 0.25) is 0 Å². The summed E-state index contributed by atoms with van der Waals surface area (Å²) in [6, 6.07) is 0. The van der Waals surface area contributed by atoms with Gasteiger partial charge in [0.05, 0.1) is 6.42 Å². The zero-order valence-corrected chi connectivity index (χ0v) is 10.1. The fourth-order valence-corrected chi connectivity index (χ4v) is 2.11. The van der Waals surface area contributed by atoms with Crippen LogP contribution in [0.4, 0.5) is 5.95 Å². The Morgan fingerprint density at radius 3 is 2.56 bits per heavy atom. The molecule has 0 aromatic carbocycles. The molecule has 2 heterocycles. The highest BCUT2D eigenvalue weighted by Crippen LogP contribution is 2.12. The van der Waals surface area contributed by atoms with E-state index in [1.165, 1.54) is 0 Å². The highest BCUT2D eigenvalue weighted by molar-refractivity contribution is 7.09. The van der Waals surface area contributed by atoms with Gasteiger partial charge in [0, 0.05) is 17.5 Å². The summed E-state index contributed by atoms with van der Waals surface area (Å²) in [5, 5.41) is 3.02. The van der Waals surface area contributed by atoms with Crippen molar-refractivity contribution in [1.29, 1.82) is 0 Å². The molecule has 5 nitrogen and oxygen atoms in total. The zero-order valence-electron chi connectivity index (χ0n) is 9.27. The molecule has 2 aromatic rings. The Hall–Kier alpha value is -1.56. The maximum Gasteiger partial charge on any atom is 0.223 e. The summed E-state index contributed by atoms with van der Waals surface area (Å²) in [5.41, 5.74) is 6.64. The van der Waals surface area contributed by atoms with E-state index in [0.29, 0.717) is 12.2 Å². The van der Waals surface area contributed by atoms with Crippen LogP contribution in [-0.4, -0.2) is 19.9 Å². The van der Waals surface area contributed by atoms with E-state index in [-0.39, 0.29) is 5.95 Å². The molecule has 2 aromatic heterocycles. The van der Waals surface area contributed by atoms with Gasteiger partial charge in [0.25, 0.3) is 0 Å². The average molecular weight is 235 g/mol. The van der Waals surface area contributed by atoms with Gasteiger partial charge < -0.3 is 5.73 Å². The lowest BCUT2D eigenvalue weighted by atomic mass is 10.4. The summed E-state index contributed by atoms with van der Waals surface area (Å²) in [6.07, 6.45) is 1.38. The van der Waals surface area contributed by atoms with Gasteiger partial charge in [0.1, 0.15) is 16.7 Å². The molecule has 0 amide bonds. The summed E-state index contributed by atoms with van der Waals surface area (Å²) in [4.78, 5) is 16.8. The van der Waals surface area contributed by atoms with Crippen molar-refractivity contribution in [2.45, 2.75) is 26.7 Å². The maximum absolute atomic E-state index is 5.61. The van der Waals surface area contributed by atoms with Gasteiger partial charge in [0.15, 0.2) is 0 Å². The first-order chi connectivity index (χ1) is 7.67. The minimum Gasteiger partial charge on any atom is -0.368 e. The molecule has 0 unspecified atom stereocenters. The molecule has 0 spiro atoms.